The monoisotopic (exact) mass is 373 g/mol. The molecule has 1 unspecified atom stereocenters. The number of rotatable bonds is 4. The van der Waals surface area contributed by atoms with Gasteiger partial charge >= 0.3 is 126 Å². The van der Waals surface area contributed by atoms with Gasteiger partial charge in [-0.1, -0.05) is 0 Å². The second-order valence-electron chi connectivity index (χ2n) is 6.07. The molecule has 2 rings (SSSR count). The zero-order valence-electron chi connectivity index (χ0n) is 12.6. The van der Waals surface area contributed by atoms with E-state index in [1.807, 2.05) is 0 Å². The van der Waals surface area contributed by atoms with E-state index in [-0.39, 0.29) is 5.54 Å². The van der Waals surface area contributed by atoms with Gasteiger partial charge < -0.3 is 0 Å². The van der Waals surface area contributed by atoms with Crippen molar-refractivity contribution in [2.24, 2.45) is 11.8 Å². The van der Waals surface area contributed by atoms with Crippen LogP contribution in [0.15, 0.2) is 35.1 Å². The van der Waals surface area contributed by atoms with E-state index in [1.54, 1.807) is 0 Å². The summed E-state index contributed by atoms with van der Waals surface area (Å²) >= 11 is -0.821. The van der Waals surface area contributed by atoms with Gasteiger partial charge in [0.25, 0.3) is 0 Å². The van der Waals surface area contributed by atoms with E-state index in [4.69, 9.17) is 0 Å². The number of halogens is 1. The van der Waals surface area contributed by atoms with Crippen LogP contribution in [-0.2, 0) is 0 Å². The minimum atomic E-state index is -0.821. The molecule has 0 bridgehead atoms. The summed E-state index contributed by atoms with van der Waals surface area (Å²) < 4.78 is 5.22. The Morgan fingerprint density at radius 1 is 1.53 bits per heavy atom. The number of hydrogen-bond acceptors (Lipinski definition) is 1. The maximum absolute atomic E-state index is 3.89. The summed E-state index contributed by atoms with van der Waals surface area (Å²) in [5, 5.41) is 0. The molecule has 19 heavy (non-hydrogen) atoms. The maximum atomic E-state index is 3.89. The van der Waals surface area contributed by atoms with Crippen LogP contribution in [0.3, 0.4) is 0 Å². The van der Waals surface area contributed by atoms with Crippen molar-refractivity contribution in [2.75, 3.05) is 15.4 Å². The number of allylic oxidation sites excluding steroid dienone is 2. The van der Waals surface area contributed by atoms with Gasteiger partial charge in [0.2, 0.25) is 0 Å². The Balaban J connectivity index is 2.06. The molecule has 1 heterocycles. The fourth-order valence-electron chi connectivity index (χ4n) is 3.32. The van der Waals surface area contributed by atoms with Gasteiger partial charge in [-0.15, -0.1) is 0 Å². The van der Waals surface area contributed by atoms with Gasteiger partial charge in [-0.25, -0.2) is 0 Å². The fourth-order valence-corrected chi connectivity index (χ4v) is 7.20. The van der Waals surface area contributed by atoms with Gasteiger partial charge in [-0.3, -0.25) is 0 Å². The molecule has 2 aliphatic rings. The molecule has 0 spiro atoms. The molecule has 1 nitrogen and oxygen atoms in total. The van der Waals surface area contributed by atoms with E-state index < -0.39 is 19.8 Å². The van der Waals surface area contributed by atoms with Crippen molar-refractivity contribution in [1.82, 2.24) is 4.90 Å². The molecule has 0 N–H and O–H groups in total. The van der Waals surface area contributed by atoms with E-state index >= 15 is 0 Å². The first-order valence-corrected chi connectivity index (χ1v) is 11.7. The third kappa shape index (κ3) is 3.45. The van der Waals surface area contributed by atoms with Crippen LogP contribution in [0.2, 0.25) is 0 Å². The molecule has 108 valence electrons. The fraction of sp³-hybridized carbons (Fsp3) is 0.647. The van der Waals surface area contributed by atoms with E-state index in [0.29, 0.717) is 0 Å². The van der Waals surface area contributed by atoms with Crippen LogP contribution in [0.4, 0.5) is 0 Å². The van der Waals surface area contributed by atoms with Gasteiger partial charge in [0.15, 0.2) is 0 Å². The average Bonchev–Trinajstić information content (AvgIpc) is 2.40. The number of alkyl halides is 2. The van der Waals surface area contributed by atoms with E-state index in [2.05, 4.69) is 60.8 Å². The Morgan fingerprint density at radius 3 is 2.84 bits per heavy atom. The quantitative estimate of drug-likeness (QED) is 0.387. The van der Waals surface area contributed by atoms with E-state index in [1.165, 1.54) is 28.2 Å². The van der Waals surface area contributed by atoms with Crippen LogP contribution in [-0.4, -0.2) is 25.8 Å². The van der Waals surface area contributed by atoms with Gasteiger partial charge in [0, 0.05) is 0 Å². The molecular weight excluding hydrogens is 345 g/mol. The van der Waals surface area contributed by atoms with Crippen molar-refractivity contribution in [3.8, 4) is 0 Å². The molecule has 2 heteroatoms. The third-order valence-corrected chi connectivity index (χ3v) is 9.55. The van der Waals surface area contributed by atoms with Crippen LogP contribution in [0.1, 0.15) is 33.6 Å². The van der Waals surface area contributed by atoms with Crippen molar-refractivity contribution in [3.63, 3.8) is 0 Å². The first kappa shape index (κ1) is 15.1. The second-order valence-corrected chi connectivity index (χ2v) is 11.6. The van der Waals surface area contributed by atoms with Crippen LogP contribution >= 0.6 is 19.8 Å². The average molecular weight is 373 g/mol. The first-order chi connectivity index (χ1) is 9.09. The molecular formula is C17H28IN. The topological polar surface area (TPSA) is 3.24 Å². The molecule has 0 aromatic heterocycles. The van der Waals surface area contributed by atoms with Crippen LogP contribution in [0, 0.1) is 11.8 Å². The van der Waals surface area contributed by atoms with Crippen molar-refractivity contribution in [1.29, 1.82) is 0 Å². The Labute approximate surface area is 126 Å². The second kappa shape index (κ2) is 6.47. The van der Waals surface area contributed by atoms with E-state index in [0.717, 1.165) is 11.8 Å². The third-order valence-electron chi connectivity index (χ3n) is 4.59. The standard InChI is InChI=1S/C17H28IN/c1-5-9-18-10-12-19(13-11-18)17(4)8-7-16(6-2)15(3)14-17/h5,7-8,10,12,15-16H,1,6,9,11,13-14H2,2-4H3/t15-,16?,17+/m0/s1. The Bertz CT molecular complexity index is 373. The molecule has 0 amide bonds. The van der Waals surface area contributed by atoms with Gasteiger partial charge in [-0.2, -0.15) is 0 Å². The van der Waals surface area contributed by atoms with Gasteiger partial charge in [0.1, 0.15) is 0 Å². The van der Waals surface area contributed by atoms with Crippen molar-refractivity contribution in [3.05, 3.63) is 35.1 Å². The summed E-state index contributed by atoms with van der Waals surface area (Å²) in [6.45, 7) is 12.3. The Hall–Kier alpha value is -0.250. The summed E-state index contributed by atoms with van der Waals surface area (Å²) in [6.07, 6.45) is 12.0. The van der Waals surface area contributed by atoms with Crippen molar-refractivity contribution < 1.29 is 0 Å². The molecule has 0 aromatic rings. The molecule has 1 aliphatic heterocycles. The SMILES string of the molecule is C=CCI1C=CN([C@]2(C)C=CC(CC)[C@@H](C)C2)CC1. The Morgan fingerprint density at radius 2 is 2.32 bits per heavy atom. The predicted octanol–water partition coefficient (Wildman–Crippen LogP) is 4.85. The molecule has 1 aliphatic carbocycles. The number of nitrogens with zero attached hydrogens (tertiary/aromatic N) is 1. The van der Waals surface area contributed by atoms with Crippen molar-refractivity contribution in [2.45, 2.75) is 39.2 Å². The summed E-state index contributed by atoms with van der Waals surface area (Å²) in [4.78, 5) is 2.59. The summed E-state index contributed by atoms with van der Waals surface area (Å²) in [7, 11) is 0. The van der Waals surface area contributed by atoms with Crippen LogP contribution in [0.25, 0.3) is 0 Å². The zero-order valence-corrected chi connectivity index (χ0v) is 14.8. The molecule has 0 aromatic carbocycles. The van der Waals surface area contributed by atoms with Gasteiger partial charge in [0.05, 0.1) is 0 Å². The van der Waals surface area contributed by atoms with Crippen molar-refractivity contribution >= 4 is 19.8 Å². The molecule has 0 saturated heterocycles. The molecule has 3 atom stereocenters. The molecule has 0 saturated carbocycles. The normalized spacial score (nSPS) is 36.6. The zero-order chi connectivity index (χ0) is 13.9. The first-order valence-electron chi connectivity index (χ1n) is 7.44. The summed E-state index contributed by atoms with van der Waals surface area (Å²) in [5.74, 6) is 1.59. The molecule has 0 fully saturated rings. The van der Waals surface area contributed by atoms with Crippen LogP contribution in [0.5, 0.6) is 0 Å². The van der Waals surface area contributed by atoms with E-state index in [9.17, 15) is 0 Å². The Kier molecular flexibility index (Phi) is 5.15. The minimum absolute atomic E-state index is 0.248. The van der Waals surface area contributed by atoms with Crippen LogP contribution < -0.4 is 0 Å². The molecule has 0 radical (unpaired) electrons. The summed E-state index contributed by atoms with van der Waals surface area (Å²) in [5.41, 5.74) is 0.248. The predicted molar refractivity (Wildman–Crippen MR) is 94.9 cm³/mol. The summed E-state index contributed by atoms with van der Waals surface area (Å²) in [6, 6.07) is 0. The van der Waals surface area contributed by atoms with Gasteiger partial charge in [-0.05, 0) is 0 Å². The number of hydrogen-bond donors (Lipinski definition) is 0.